The highest BCUT2D eigenvalue weighted by molar-refractivity contribution is 5.31. The number of unbranched alkanes of at least 4 members (excludes halogenated alkanes) is 2. The van der Waals surface area contributed by atoms with Gasteiger partial charge in [-0.15, -0.1) is 0 Å². The van der Waals surface area contributed by atoms with Crippen molar-refractivity contribution in [3.05, 3.63) is 47.5 Å². The van der Waals surface area contributed by atoms with Gasteiger partial charge in [-0.05, 0) is 98.5 Å². The minimum absolute atomic E-state index is 0.657. The fourth-order valence-electron chi connectivity index (χ4n) is 7.35. The van der Waals surface area contributed by atoms with Crippen LogP contribution in [0.15, 0.2) is 36.4 Å². The van der Waals surface area contributed by atoms with Crippen molar-refractivity contribution in [1.29, 1.82) is 0 Å². The first-order valence-electron chi connectivity index (χ1n) is 14.5. The maximum atomic E-state index is 2.54. The second kappa shape index (κ2) is 12.4. The highest BCUT2D eigenvalue weighted by atomic mass is 14.4. The molecular weight excluding hydrogens is 384 g/mol. The Morgan fingerprint density at radius 2 is 1.25 bits per heavy atom. The predicted molar refractivity (Wildman–Crippen MR) is 140 cm³/mol. The van der Waals surface area contributed by atoms with Crippen molar-refractivity contribution >= 4 is 0 Å². The Bertz CT molecular complexity index is 666. The zero-order valence-electron chi connectivity index (χ0n) is 21.2. The van der Waals surface area contributed by atoms with Crippen molar-refractivity contribution in [1.82, 2.24) is 0 Å². The summed E-state index contributed by atoms with van der Waals surface area (Å²) in [4.78, 5) is 0. The van der Waals surface area contributed by atoms with Gasteiger partial charge in [-0.1, -0.05) is 95.2 Å². The van der Waals surface area contributed by atoms with Gasteiger partial charge >= 0.3 is 0 Å². The lowest BCUT2D eigenvalue weighted by molar-refractivity contribution is 0.156. The van der Waals surface area contributed by atoms with Crippen molar-refractivity contribution in [2.75, 3.05) is 0 Å². The van der Waals surface area contributed by atoms with E-state index in [1.807, 2.05) is 0 Å². The molecule has 2 fully saturated rings. The normalized spacial score (nSPS) is 33.3. The van der Waals surface area contributed by atoms with E-state index in [9.17, 15) is 0 Å². The quantitative estimate of drug-likeness (QED) is 0.268. The van der Waals surface area contributed by atoms with E-state index >= 15 is 0 Å². The Kier molecular flexibility index (Phi) is 9.36. The maximum Gasteiger partial charge on any atom is 0.00182 e. The van der Waals surface area contributed by atoms with Crippen molar-refractivity contribution in [3.8, 4) is 0 Å². The van der Waals surface area contributed by atoms with Gasteiger partial charge in [0.2, 0.25) is 0 Å². The first-order valence-corrected chi connectivity index (χ1v) is 14.5. The molecule has 32 heavy (non-hydrogen) atoms. The molecule has 0 radical (unpaired) electrons. The van der Waals surface area contributed by atoms with Crippen LogP contribution in [0.3, 0.4) is 0 Å². The largest absolute Gasteiger partial charge is 0.0848 e. The topological polar surface area (TPSA) is 0 Å². The molecule has 0 spiro atoms. The highest BCUT2D eigenvalue weighted by Crippen LogP contribution is 2.44. The molecule has 4 rings (SSSR count). The number of rotatable bonds is 9. The predicted octanol–water partition coefficient (Wildman–Crippen LogP) is 10.2. The van der Waals surface area contributed by atoms with Crippen LogP contribution >= 0.6 is 0 Å². The fourth-order valence-corrected chi connectivity index (χ4v) is 7.35. The summed E-state index contributed by atoms with van der Waals surface area (Å²) in [7, 11) is 0. The molecule has 2 saturated carbocycles. The summed E-state index contributed by atoms with van der Waals surface area (Å²) in [5, 5.41) is 0. The smallest absolute Gasteiger partial charge is 0.00182 e. The Morgan fingerprint density at radius 1 is 0.594 bits per heavy atom. The van der Waals surface area contributed by atoms with Crippen molar-refractivity contribution in [3.63, 3.8) is 0 Å². The van der Waals surface area contributed by atoms with Gasteiger partial charge in [0.25, 0.3) is 0 Å². The Labute approximate surface area is 199 Å². The van der Waals surface area contributed by atoms with E-state index in [1.165, 1.54) is 103 Å². The van der Waals surface area contributed by atoms with Crippen molar-refractivity contribution in [2.24, 2.45) is 23.7 Å². The lowest BCUT2D eigenvalue weighted by Crippen LogP contribution is -2.25. The molecule has 0 nitrogen and oxygen atoms in total. The zero-order valence-corrected chi connectivity index (χ0v) is 21.2. The summed E-state index contributed by atoms with van der Waals surface area (Å²) in [5.74, 6) is 5.46. The summed E-state index contributed by atoms with van der Waals surface area (Å²) in [6.07, 6.45) is 28.2. The first kappa shape index (κ1) is 24.1. The standard InChI is InChI=1S/C32H50/c1-3-5-6-8-26-11-15-28(16-12-26)30-19-23-32(24-20-30)31-21-17-29(18-22-31)27-13-9-25(7-4-2)10-14-27/h11,15,19-20,23-29,31H,3-10,12-14,16-18,21-22H2,1-2H3. The Hall–Kier alpha value is -1.04. The van der Waals surface area contributed by atoms with Crippen LogP contribution in [0, 0.1) is 23.7 Å². The minimum atomic E-state index is 0.657. The van der Waals surface area contributed by atoms with E-state index in [-0.39, 0.29) is 0 Å². The van der Waals surface area contributed by atoms with Gasteiger partial charge in [0.05, 0.1) is 0 Å². The van der Waals surface area contributed by atoms with Gasteiger partial charge in [0.15, 0.2) is 0 Å². The van der Waals surface area contributed by atoms with Gasteiger partial charge in [0, 0.05) is 5.92 Å². The summed E-state index contributed by atoms with van der Waals surface area (Å²) in [5.41, 5.74) is 3.17. The second-order valence-corrected chi connectivity index (χ2v) is 11.7. The molecule has 0 N–H and O–H groups in total. The maximum absolute atomic E-state index is 2.54. The minimum Gasteiger partial charge on any atom is -0.0848 e. The molecule has 2 atom stereocenters. The van der Waals surface area contributed by atoms with E-state index in [0.717, 1.165) is 29.6 Å². The lowest BCUT2D eigenvalue weighted by Gasteiger charge is -2.38. The summed E-state index contributed by atoms with van der Waals surface area (Å²) >= 11 is 0. The van der Waals surface area contributed by atoms with E-state index in [2.05, 4.69) is 50.3 Å². The van der Waals surface area contributed by atoms with E-state index in [1.54, 1.807) is 11.1 Å². The van der Waals surface area contributed by atoms with Gasteiger partial charge in [-0.25, -0.2) is 0 Å². The molecule has 0 heterocycles. The average molecular weight is 435 g/mol. The molecule has 0 amide bonds. The van der Waals surface area contributed by atoms with E-state index in [0.29, 0.717) is 5.92 Å². The van der Waals surface area contributed by atoms with Gasteiger partial charge in [-0.2, -0.15) is 0 Å². The summed E-state index contributed by atoms with van der Waals surface area (Å²) in [6.45, 7) is 4.66. The number of hydrogen-bond donors (Lipinski definition) is 0. The van der Waals surface area contributed by atoms with Crippen LogP contribution in [0.25, 0.3) is 0 Å². The van der Waals surface area contributed by atoms with Gasteiger partial charge in [0.1, 0.15) is 0 Å². The second-order valence-electron chi connectivity index (χ2n) is 11.7. The summed E-state index contributed by atoms with van der Waals surface area (Å²) in [6, 6.07) is 9.89. The fraction of sp³-hybridized carbons (Fsp3) is 0.750. The van der Waals surface area contributed by atoms with Gasteiger partial charge in [-0.3, -0.25) is 0 Å². The molecule has 2 unspecified atom stereocenters. The molecule has 0 aromatic heterocycles. The zero-order chi connectivity index (χ0) is 22.2. The third-order valence-electron chi connectivity index (χ3n) is 9.51. The third-order valence-corrected chi connectivity index (χ3v) is 9.51. The van der Waals surface area contributed by atoms with Crippen LogP contribution in [0.5, 0.6) is 0 Å². The van der Waals surface area contributed by atoms with Crippen LogP contribution in [-0.2, 0) is 0 Å². The van der Waals surface area contributed by atoms with Crippen LogP contribution < -0.4 is 0 Å². The molecule has 1 aromatic carbocycles. The SMILES string of the molecule is CCCCCC1C=CC(c2ccc(C3CCC(C4CCC(CCC)CC4)CC3)cc2)CC1. The molecule has 0 saturated heterocycles. The van der Waals surface area contributed by atoms with Crippen LogP contribution in [0.1, 0.15) is 140 Å². The van der Waals surface area contributed by atoms with Crippen molar-refractivity contribution in [2.45, 2.75) is 128 Å². The van der Waals surface area contributed by atoms with Crippen LogP contribution in [0.2, 0.25) is 0 Å². The molecule has 1 aromatic rings. The van der Waals surface area contributed by atoms with Crippen LogP contribution in [0.4, 0.5) is 0 Å². The highest BCUT2D eigenvalue weighted by Gasteiger charge is 2.31. The molecule has 0 aliphatic heterocycles. The number of benzene rings is 1. The summed E-state index contributed by atoms with van der Waals surface area (Å²) < 4.78 is 0. The van der Waals surface area contributed by atoms with E-state index < -0.39 is 0 Å². The molecule has 178 valence electrons. The first-order chi connectivity index (χ1) is 15.8. The molecule has 3 aliphatic carbocycles. The van der Waals surface area contributed by atoms with Crippen LogP contribution in [-0.4, -0.2) is 0 Å². The average Bonchev–Trinajstić information content (AvgIpc) is 2.86. The Morgan fingerprint density at radius 3 is 1.84 bits per heavy atom. The Balaban J connectivity index is 1.22. The van der Waals surface area contributed by atoms with Crippen molar-refractivity contribution < 1.29 is 0 Å². The molecule has 0 bridgehead atoms. The molecular formula is C32H50. The number of allylic oxidation sites excluding steroid dienone is 2. The van der Waals surface area contributed by atoms with E-state index in [4.69, 9.17) is 0 Å². The molecule has 0 heteroatoms. The monoisotopic (exact) mass is 434 g/mol. The molecule has 3 aliphatic rings. The lowest BCUT2D eigenvalue weighted by atomic mass is 9.68. The number of hydrogen-bond acceptors (Lipinski definition) is 0. The van der Waals surface area contributed by atoms with Gasteiger partial charge < -0.3 is 0 Å². The third kappa shape index (κ3) is 6.51.